The molecule has 3 aromatic rings. The van der Waals surface area contributed by atoms with Crippen molar-refractivity contribution in [3.05, 3.63) is 106 Å². The van der Waals surface area contributed by atoms with Crippen molar-refractivity contribution >= 4 is 0 Å². The van der Waals surface area contributed by atoms with Crippen LogP contribution in [0.2, 0.25) is 0 Å². The van der Waals surface area contributed by atoms with Crippen LogP contribution < -0.4 is 0 Å². The predicted octanol–water partition coefficient (Wildman–Crippen LogP) is 6.68. The van der Waals surface area contributed by atoms with Crippen LogP contribution in [-0.4, -0.2) is 40.6 Å². The molecule has 2 heterocycles. The van der Waals surface area contributed by atoms with E-state index in [1.165, 1.54) is 40.7 Å². The summed E-state index contributed by atoms with van der Waals surface area (Å²) in [7, 11) is 0. The molecule has 5 rings (SSSR count). The number of aliphatic hydroxyl groups excluding tert-OH is 1. The molecule has 1 fully saturated rings. The monoisotopic (exact) mass is 514 g/mol. The second-order valence-electron chi connectivity index (χ2n) is 11.6. The van der Waals surface area contributed by atoms with Crippen LogP contribution in [0.15, 0.2) is 66.7 Å². The van der Waals surface area contributed by atoms with Crippen molar-refractivity contribution in [1.29, 1.82) is 0 Å². The number of aliphatic hydroxyl groups is 1. The largest absolute Gasteiger partial charge is 0.393 e. The Bertz CT molecular complexity index is 1170. The van der Waals surface area contributed by atoms with Crippen molar-refractivity contribution < 1.29 is 9.50 Å². The average molecular weight is 515 g/mol. The molecule has 1 saturated heterocycles. The van der Waals surface area contributed by atoms with Crippen LogP contribution in [0.3, 0.4) is 0 Å². The number of fused-ring (bicyclic) bond motifs is 1. The lowest BCUT2D eigenvalue weighted by Gasteiger charge is -2.32. The lowest BCUT2D eigenvalue weighted by molar-refractivity contribution is 0.131. The molecule has 1 N–H and O–H groups in total. The van der Waals surface area contributed by atoms with E-state index in [1.54, 1.807) is 12.1 Å². The standard InChI is InChI=1S/C34H43FN2O/c1-26-5-2-3-6-31(26)24-36-19-16-27(17-20-36)11-15-34(38)22-29-8-12-30-7-4-18-37(25-32(30)21-29)23-28-9-13-33(35)14-10-28/h2-3,5-6,8-10,12-14,21,27,34,38H,4,7,11,15-20,22-25H2,1H3. The first-order valence-electron chi connectivity index (χ1n) is 14.5. The molecule has 0 saturated carbocycles. The first kappa shape index (κ1) is 27.1. The highest BCUT2D eigenvalue weighted by Crippen LogP contribution is 2.26. The van der Waals surface area contributed by atoms with Gasteiger partial charge < -0.3 is 5.11 Å². The highest BCUT2D eigenvalue weighted by molar-refractivity contribution is 5.33. The fraction of sp³-hybridized carbons (Fsp3) is 0.471. The van der Waals surface area contributed by atoms with Gasteiger partial charge in [-0.05, 0) is 123 Å². The third-order valence-corrected chi connectivity index (χ3v) is 8.65. The number of hydrogen-bond donors (Lipinski definition) is 1. The molecular weight excluding hydrogens is 471 g/mol. The minimum absolute atomic E-state index is 0.179. The summed E-state index contributed by atoms with van der Waals surface area (Å²) in [5, 5.41) is 10.9. The maximum atomic E-state index is 13.3. The third-order valence-electron chi connectivity index (χ3n) is 8.65. The maximum absolute atomic E-state index is 13.3. The number of rotatable bonds is 9. The Labute approximate surface area is 228 Å². The van der Waals surface area contributed by atoms with E-state index in [2.05, 4.69) is 59.2 Å². The van der Waals surface area contributed by atoms with Crippen molar-refractivity contribution in [3.63, 3.8) is 0 Å². The van der Waals surface area contributed by atoms with Crippen LogP contribution in [0.1, 0.15) is 65.5 Å². The van der Waals surface area contributed by atoms with Crippen LogP contribution in [0, 0.1) is 18.7 Å². The predicted molar refractivity (Wildman–Crippen MR) is 153 cm³/mol. The Kier molecular flexibility index (Phi) is 9.27. The minimum atomic E-state index is -0.279. The fourth-order valence-corrected chi connectivity index (χ4v) is 6.26. The van der Waals surface area contributed by atoms with Crippen LogP contribution in [-0.2, 0) is 32.5 Å². The molecule has 3 aromatic carbocycles. The van der Waals surface area contributed by atoms with Gasteiger partial charge in [0, 0.05) is 19.6 Å². The van der Waals surface area contributed by atoms with Gasteiger partial charge in [0.2, 0.25) is 0 Å². The molecule has 202 valence electrons. The quantitative estimate of drug-likeness (QED) is 0.345. The Morgan fingerprint density at radius 3 is 2.42 bits per heavy atom. The zero-order chi connectivity index (χ0) is 26.3. The molecule has 4 heteroatoms. The van der Waals surface area contributed by atoms with E-state index in [0.717, 1.165) is 82.9 Å². The van der Waals surface area contributed by atoms with Gasteiger partial charge in [-0.25, -0.2) is 4.39 Å². The molecule has 2 aliphatic rings. The summed E-state index contributed by atoms with van der Waals surface area (Å²) in [6, 6.07) is 22.4. The smallest absolute Gasteiger partial charge is 0.123 e. The van der Waals surface area contributed by atoms with E-state index in [1.807, 2.05) is 12.1 Å². The molecule has 1 atom stereocenters. The SMILES string of the molecule is Cc1ccccc1CN1CCC(CCC(O)Cc2ccc3c(c2)CN(Cc2ccc(F)cc2)CCC3)CC1. The van der Waals surface area contributed by atoms with E-state index in [-0.39, 0.29) is 11.9 Å². The van der Waals surface area contributed by atoms with Crippen molar-refractivity contribution in [2.75, 3.05) is 19.6 Å². The van der Waals surface area contributed by atoms with Crippen molar-refractivity contribution in [2.45, 2.75) is 77.6 Å². The van der Waals surface area contributed by atoms with Gasteiger partial charge in [-0.3, -0.25) is 9.80 Å². The molecule has 0 spiro atoms. The number of hydrogen-bond acceptors (Lipinski definition) is 3. The summed E-state index contributed by atoms with van der Waals surface area (Å²) in [6.07, 6.45) is 7.17. The van der Waals surface area contributed by atoms with Gasteiger partial charge in [-0.1, -0.05) is 54.6 Å². The number of benzene rings is 3. The summed E-state index contributed by atoms with van der Waals surface area (Å²) in [5.74, 6) is 0.548. The van der Waals surface area contributed by atoms with Gasteiger partial charge in [-0.2, -0.15) is 0 Å². The van der Waals surface area contributed by atoms with Crippen molar-refractivity contribution in [2.24, 2.45) is 5.92 Å². The van der Waals surface area contributed by atoms with Gasteiger partial charge in [0.15, 0.2) is 0 Å². The zero-order valence-corrected chi connectivity index (χ0v) is 22.9. The number of aryl methyl sites for hydroxylation is 2. The van der Waals surface area contributed by atoms with Crippen LogP contribution in [0.4, 0.5) is 4.39 Å². The number of nitrogens with zero attached hydrogens (tertiary/aromatic N) is 2. The molecule has 38 heavy (non-hydrogen) atoms. The summed E-state index contributed by atoms with van der Waals surface area (Å²) >= 11 is 0. The summed E-state index contributed by atoms with van der Waals surface area (Å²) < 4.78 is 13.3. The Morgan fingerprint density at radius 1 is 0.868 bits per heavy atom. The number of piperidine rings is 1. The summed E-state index contributed by atoms with van der Waals surface area (Å²) in [6.45, 7) is 8.39. The molecule has 1 unspecified atom stereocenters. The summed E-state index contributed by atoms with van der Waals surface area (Å²) in [4.78, 5) is 5.05. The molecule has 3 nitrogen and oxygen atoms in total. The Morgan fingerprint density at radius 2 is 1.63 bits per heavy atom. The second-order valence-corrected chi connectivity index (χ2v) is 11.6. The molecule has 0 radical (unpaired) electrons. The number of halogens is 1. The van der Waals surface area contributed by atoms with E-state index >= 15 is 0 Å². The molecule has 2 aliphatic heterocycles. The van der Waals surface area contributed by atoms with E-state index in [0.29, 0.717) is 0 Å². The van der Waals surface area contributed by atoms with Gasteiger partial charge in [0.25, 0.3) is 0 Å². The summed E-state index contributed by atoms with van der Waals surface area (Å²) in [5.41, 5.74) is 8.05. The van der Waals surface area contributed by atoms with E-state index < -0.39 is 0 Å². The van der Waals surface area contributed by atoms with Crippen LogP contribution in [0.25, 0.3) is 0 Å². The lowest BCUT2D eigenvalue weighted by Crippen LogP contribution is -2.33. The highest BCUT2D eigenvalue weighted by Gasteiger charge is 2.21. The number of likely N-dealkylation sites (tertiary alicyclic amines) is 1. The lowest BCUT2D eigenvalue weighted by atomic mass is 9.89. The zero-order valence-electron chi connectivity index (χ0n) is 22.9. The highest BCUT2D eigenvalue weighted by atomic mass is 19.1. The van der Waals surface area contributed by atoms with Crippen LogP contribution in [0.5, 0.6) is 0 Å². The maximum Gasteiger partial charge on any atom is 0.123 e. The van der Waals surface area contributed by atoms with Gasteiger partial charge in [-0.15, -0.1) is 0 Å². The Balaban J connectivity index is 1.08. The van der Waals surface area contributed by atoms with E-state index in [4.69, 9.17) is 0 Å². The first-order valence-corrected chi connectivity index (χ1v) is 14.5. The Hall–Kier alpha value is -2.53. The van der Waals surface area contributed by atoms with E-state index in [9.17, 15) is 9.50 Å². The topological polar surface area (TPSA) is 26.7 Å². The third kappa shape index (κ3) is 7.53. The average Bonchev–Trinajstić information content (AvgIpc) is 3.12. The normalized spacial score (nSPS) is 18.2. The molecular formula is C34H43FN2O. The van der Waals surface area contributed by atoms with Gasteiger partial charge >= 0.3 is 0 Å². The molecule has 0 aromatic heterocycles. The second kappa shape index (κ2) is 13.0. The molecule has 0 aliphatic carbocycles. The molecule has 0 bridgehead atoms. The van der Waals surface area contributed by atoms with Gasteiger partial charge in [0.1, 0.15) is 5.82 Å². The first-order chi connectivity index (χ1) is 18.5. The van der Waals surface area contributed by atoms with Crippen molar-refractivity contribution in [1.82, 2.24) is 9.80 Å². The van der Waals surface area contributed by atoms with Crippen molar-refractivity contribution in [3.8, 4) is 0 Å². The minimum Gasteiger partial charge on any atom is -0.393 e. The van der Waals surface area contributed by atoms with Crippen LogP contribution >= 0.6 is 0 Å². The fourth-order valence-electron chi connectivity index (χ4n) is 6.26. The van der Waals surface area contributed by atoms with Gasteiger partial charge in [0.05, 0.1) is 6.10 Å². The molecule has 0 amide bonds.